The third kappa shape index (κ3) is 6.61. The number of amides is 2. The minimum atomic E-state index is -0.652. The van der Waals surface area contributed by atoms with Crippen molar-refractivity contribution in [1.82, 2.24) is 0 Å². The lowest BCUT2D eigenvalue weighted by molar-refractivity contribution is -0.384. The number of azo groups is 1. The van der Waals surface area contributed by atoms with Crippen LogP contribution in [-0.2, 0) is 0 Å². The van der Waals surface area contributed by atoms with E-state index in [0.29, 0.717) is 37.8 Å². The Morgan fingerprint density at radius 3 is 2.00 bits per heavy atom. The summed E-state index contributed by atoms with van der Waals surface area (Å²) < 4.78 is 0. The lowest BCUT2D eigenvalue weighted by Crippen LogP contribution is -2.13. The third-order valence-electron chi connectivity index (χ3n) is 6.46. The van der Waals surface area contributed by atoms with Gasteiger partial charge in [-0.3, -0.25) is 19.7 Å². The molecule has 3 N–H and O–H groups in total. The van der Waals surface area contributed by atoms with E-state index in [1.165, 1.54) is 30.3 Å². The van der Waals surface area contributed by atoms with Gasteiger partial charge in [-0.1, -0.05) is 35.3 Å². The number of nitro groups is 1. The normalized spacial score (nSPS) is 11.0. The average molecular weight is 614 g/mol. The lowest BCUT2D eigenvalue weighted by Gasteiger charge is -2.13. The molecule has 5 aromatic rings. The summed E-state index contributed by atoms with van der Waals surface area (Å²) in [5.74, 6) is -1.54. The number of fused-ring (bicyclic) bond motifs is 1. The van der Waals surface area contributed by atoms with Crippen LogP contribution in [0.2, 0.25) is 10.0 Å². The minimum Gasteiger partial charge on any atom is -0.505 e. The molecule has 0 fully saturated rings. The summed E-state index contributed by atoms with van der Waals surface area (Å²) in [6.07, 6.45) is 0. The van der Waals surface area contributed by atoms with E-state index in [9.17, 15) is 24.8 Å². The molecule has 0 saturated heterocycles. The zero-order chi connectivity index (χ0) is 30.7. The van der Waals surface area contributed by atoms with Gasteiger partial charge in [-0.2, -0.15) is 0 Å². The molecule has 0 aliphatic heterocycles. The van der Waals surface area contributed by atoms with Crippen molar-refractivity contribution in [3.05, 3.63) is 128 Å². The molecule has 12 heteroatoms. The number of carbonyl (C=O) groups is 2. The maximum absolute atomic E-state index is 13.3. The molecule has 0 radical (unpaired) electrons. The molecule has 0 unspecified atom stereocenters. The van der Waals surface area contributed by atoms with Gasteiger partial charge >= 0.3 is 0 Å². The van der Waals surface area contributed by atoms with Crippen LogP contribution in [0.3, 0.4) is 0 Å². The number of aromatic hydroxyl groups is 1. The third-order valence-corrected chi connectivity index (χ3v) is 6.96. The number of nitrogens with one attached hydrogen (secondary N) is 2. The van der Waals surface area contributed by atoms with Crippen molar-refractivity contribution >= 4 is 74.2 Å². The van der Waals surface area contributed by atoms with Crippen LogP contribution < -0.4 is 10.6 Å². The molecule has 43 heavy (non-hydrogen) atoms. The highest BCUT2D eigenvalue weighted by Gasteiger charge is 2.20. The molecule has 0 bridgehead atoms. The van der Waals surface area contributed by atoms with E-state index in [4.69, 9.17) is 23.2 Å². The van der Waals surface area contributed by atoms with Gasteiger partial charge in [0, 0.05) is 44.5 Å². The van der Waals surface area contributed by atoms with Crippen molar-refractivity contribution in [1.29, 1.82) is 0 Å². The number of benzene rings is 5. The molecular formula is C31H21Cl2N5O5. The topological polar surface area (TPSA) is 146 Å². The zero-order valence-electron chi connectivity index (χ0n) is 22.3. The Bertz CT molecular complexity index is 1930. The van der Waals surface area contributed by atoms with Crippen molar-refractivity contribution in [3.63, 3.8) is 0 Å². The molecule has 0 aliphatic carbocycles. The monoisotopic (exact) mass is 613 g/mol. The van der Waals surface area contributed by atoms with Crippen LogP contribution >= 0.6 is 23.2 Å². The first-order chi connectivity index (χ1) is 20.6. The Kier molecular flexibility index (Phi) is 8.33. The summed E-state index contributed by atoms with van der Waals surface area (Å²) in [6, 6.07) is 23.3. The summed E-state index contributed by atoms with van der Waals surface area (Å²) in [6.45, 7) is 1.71. The van der Waals surface area contributed by atoms with E-state index in [2.05, 4.69) is 20.9 Å². The molecule has 0 spiro atoms. The Morgan fingerprint density at radius 2 is 1.40 bits per heavy atom. The van der Waals surface area contributed by atoms with Gasteiger partial charge in [-0.25, -0.2) is 0 Å². The first-order valence-corrected chi connectivity index (χ1v) is 13.4. The highest BCUT2D eigenvalue weighted by molar-refractivity contribution is 6.31. The van der Waals surface area contributed by atoms with Crippen LogP contribution in [0.5, 0.6) is 5.75 Å². The number of aryl methyl sites for hydroxylation is 1. The van der Waals surface area contributed by atoms with Gasteiger partial charge in [-0.15, -0.1) is 10.2 Å². The standard InChI is InChI=1S/C31H21Cl2N5O5/c1-17-2-12-24(38(42)43)16-27(17)36-37-28-25-13-3-18(30(40)34-22-8-4-20(32)5-9-22)14-19(25)15-26(29(28)39)31(41)35-23-10-6-21(33)7-11-23/h2-16,39H,1H3,(H,34,40)(H,35,41). The number of hydrogen-bond acceptors (Lipinski definition) is 7. The van der Waals surface area contributed by atoms with Gasteiger partial charge in [0.2, 0.25) is 0 Å². The molecule has 0 aromatic heterocycles. The second-order valence-corrected chi connectivity index (χ2v) is 10.3. The fraction of sp³-hybridized carbons (Fsp3) is 0.0323. The number of hydrogen-bond donors (Lipinski definition) is 3. The number of phenols is 1. The van der Waals surface area contributed by atoms with Gasteiger partial charge in [0.1, 0.15) is 5.69 Å². The van der Waals surface area contributed by atoms with Crippen molar-refractivity contribution in [3.8, 4) is 5.75 Å². The van der Waals surface area contributed by atoms with E-state index in [1.54, 1.807) is 67.6 Å². The van der Waals surface area contributed by atoms with E-state index in [-0.39, 0.29) is 28.2 Å². The summed E-state index contributed by atoms with van der Waals surface area (Å²) in [5.41, 5.74) is 1.67. The van der Waals surface area contributed by atoms with Gasteiger partial charge in [-0.05, 0) is 84.6 Å². The number of nitro benzene ring substituents is 1. The number of anilines is 2. The van der Waals surface area contributed by atoms with Crippen molar-refractivity contribution in [2.24, 2.45) is 10.2 Å². The fourth-order valence-corrected chi connectivity index (χ4v) is 4.44. The fourth-order valence-electron chi connectivity index (χ4n) is 4.18. The van der Waals surface area contributed by atoms with Crippen molar-refractivity contribution < 1.29 is 19.6 Å². The molecule has 0 aliphatic rings. The molecular weight excluding hydrogens is 593 g/mol. The van der Waals surface area contributed by atoms with Gasteiger partial charge < -0.3 is 15.7 Å². The predicted molar refractivity (Wildman–Crippen MR) is 166 cm³/mol. The second-order valence-electron chi connectivity index (χ2n) is 9.41. The second kappa shape index (κ2) is 12.3. The maximum Gasteiger partial charge on any atom is 0.271 e. The summed E-state index contributed by atoms with van der Waals surface area (Å²) >= 11 is 11.9. The van der Waals surface area contributed by atoms with E-state index < -0.39 is 22.5 Å². The van der Waals surface area contributed by atoms with Gasteiger partial charge in [0.05, 0.1) is 16.2 Å². The van der Waals surface area contributed by atoms with E-state index in [1.807, 2.05) is 0 Å². The molecule has 5 rings (SSSR count). The number of non-ortho nitro benzene ring substituents is 1. The predicted octanol–water partition coefficient (Wildman–Crippen LogP) is 8.99. The molecule has 0 atom stereocenters. The van der Waals surface area contributed by atoms with Crippen LogP contribution in [0.4, 0.5) is 28.4 Å². The molecule has 214 valence electrons. The maximum atomic E-state index is 13.3. The summed E-state index contributed by atoms with van der Waals surface area (Å²) in [5, 5.41) is 38.2. The van der Waals surface area contributed by atoms with Gasteiger partial charge in [0.25, 0.3) is 17.5 Å². The molecule has 10 nitrogen and oxygen atoms in total. The number of halogens is 2. The van der Waals surface area contributed by atoms with Gasteiger partial charge in [0.15, 0.2) is 5.75 Å². The summed E-state index contributed by atoms with van der Waals surface area (Å²) in [4.78, 5) is 37.1. The van der Waals surface area contributed by atoms with Crippen LogP contribution in [0.15, 0.2) is 101 Å². The van der Waals surface area contributed by atoms with E-state index in [0.717, 1.165) is 0 Å². The lowest BCUT2D eigenvalue weighted by atomic mass is 10.00. The minimum absolute atomic E-state index is 0.0608. The number of rotatable bonds is 7. The van der Waals surface area contributed by atoms with Crippen LogP contribution in [-0.4, -0.2) is 21.8 Å². The van der Waals surface area contributed by atoms with Crippen molar-refractivity contribution in [2.75, 3.05) is 10.6 Å². The smallest absolute Gasteiger partial charge is 0.271 e. The Hall–Kier alpha value is -5.32. The molecule has 2 amide bonds. The van der Waals surface area contributed by atoms with Crippen LogP contribution in [0, 0.1) is 17.0 Å². The van der Waals surface area contributed by atoms with Crippen LogP contribution in [0.25, 0.3) is 10.8 Å². The van der Waals surface area contributed by atoms with E-state index >= 15 is 0 Å². The first-order valence-electron chi connectivity index (χ1n) is 12.7. The highest BCUT2D eigenvalue weighted by atomic mass is 35.5. The first kappa shape index (κ1) is 29.2. The molecule has 0 heterocycles. The Morgan fingerprint density at radius 1 is 0.791 bits per heavy atom. The number of carbonyl (C=O) groups excluding carboxylic acids is 2. The van der Waals surface area contributed by atoms with Crippen LogP contribution in [0.1, 0.15) is 26.3 Å². The van der Waals surface area contributed by atoms with Crippen molar-refractivity contribution in [2.45, 2.75) is 6.92 Å². The zero-order valence-corrected chi connectivity index (χ0v) is 23.8. The largest absolute Gasteiger partial charge is 0.505 e. The highest BCUT2D eigenvalue weighted by Crippen LogP contribution is 2.40. The number of nitrogens with zero attached hydrogens (tertiary/aromatic N) is 3. The molecule has 5 aromatic carbocycles. The Labute approximate surface area is 254 Å². The SMILES string of the molecule is Cc1ccc([N+](=O)[O-])cc1N=Nc1c(O)c(C(=O)Nc2ccc(Cl)cc2)cc2cc(C(=O)Nc3ccc(Cl)cc3)ccc12. The average Bonchev–Trinajstić information content (AvgIpc) is 2.99. The summed E-state index contributed by atoms with van der Waals surface area (Å²) in [7, 11) is 0. The Balaban J connectivity index is 1.59. The number of phenolic OH excluding ortho intramolecular Hbond substituents is 1. The quantitative estimate of drug-likeness (QED) is 0.0951. The molecule has 0 saturated carbocycles.